The molecular formula is C22H27N5O3. The summed E-state index contributed by atoms with van der Waals surface area (Å²) in [6.07, 6.45) is 4.60. The van der Waals surface area contributed by atoms with Crippen LogP contribution in [0.3, 0.4) is 0 Å². The molecule has 158 valence electrons. The Balaban J connectivity index is 1.34. The molecule has 8 nitrogen and oxygen atoms in total. The molecular weight excluding hydrogens is 382 g/mol. The number of aromatic nitrogens is 4. The molecule has 2 saturated heterocycles. The zero-order valence-corrected chi connectivity index (χ0v) is 17.5. The summed E-state index contributed by atoms with van der Waals surface area (Å²) < 4.78 is 13.2. The van der Waals surface area contributed by atoms with Crippen LogP contribution in [0, 0.1) is 5.92 Å². The van der Waals surface area contributed by atoms with Crippen molar-refractivity contribution in [1.82, 2.24) is 24.8 Å². The van der Waals surface area contributed by atoms with Crippen LogP contribution in [0.15, 0.2) is 28.9 Å². The van der Waals surface area contributed by atoms with Gasteiger partial charge in [0.2, 0.25) is 5.91 Å². The fourth-order valence-electron chi connectivity index (χ4n) is 4.42. The number of likely N-dealkylation sites (tertiary alicyclic amines) is 1. The number of carbonyl (C=O) groups excluding carboxylic acids is 1. The van der Waals surface area contributed by atoms with Crippen molar-refractivity contribution >= 4 is 16.8 Å². The van der Waals surface area contributed by atoms with Crippen molar-refractivity contribution in [1.29, 1.82) is 0 Å². The summed E-state index contributed by atoms with van der Waals surface area (Å²) in [5, 5.41) is 9.91. The molecule has 2 aromatic heterocycles. The number of carbonyl (C=O) groups is 1. The first-order valence-electron chi connectivity index (χ1n) is 10.8. The van der Waals surface area contributed by atoms with Crippen molar-refractivity contribution in [2.75, 3.05) is 26.3 Å². The van der Waals surface area contributed by atoms with Gasteiger partial charge in [-0.25, -0.2) is 0 Å². The van der Waals surface area contributed by atoms with E-state index in [4.69, 9.17) is 14.2 Å². The lowest BCUT2D eigenvalue weighted by Gasteiger charge is -2.31. The highest BCUT2D eigenvalue weighted by molar-refractivity contribution is 5.83. The molecule has 0 bridgehead atoms. The van der Waals surface area contributed by atoms with Gasteiger partial charge in [-0.05, 0) is 31.4 Å². The molecule has 0 radical (unpaired) electrons. The molecule has 4 heterocycles. The highest BCUT2D eigenvalue weighted by atomic mass is 16.5. The van der Waals surface area contributed by atoms with Gasteiger partial charge in [-0.3, -0.25) is 9.48 Å². The lowest BCUT2D eigenvalue weighted by atomic mass is 9.95. The quantitative estimate of drug-likeness (QED) is 0.656. The number of ether oxygens (including phenoxy) is 1. The number of fused-ring (bicyclic) bond motifs is 1. The summed E-state index contributed by atoms with van der Waals surface area (Å²) in [6.45, 7) is 6.87. The number of nitrogens with zero attached hydrogens (tertiary/aromatic N) is 5. The van der Waals surface area contributed by atoms with Crippen molar-refractivity contribution in [3.63, 3.8) is 0 Å². The molecule has 2 aliphatic rings. The minimum atomic E-state index is 0.0393. The van der Waals surface area contributed by atoms with E-state index in [1.54, 1.807) is 0 Å². The fourth-order valence-corrected chi connectivity index (χ4v) is 4.42. The number of amides is 1. The summed E-state index contributed by atoms with van der Waals surface area (Å²) in [4.78, 5) is 18.8. The van der Waals surface area contributed by atoms with Crippen LogP contribution in [0.1, 0.15) is 50.9 Å². The summed E-state index contributed by atoms with van der Waals surface area (Å²) in [6, 6.07) is 6.39. The minimum absolute atomic E-state index is 0.0393. The largest absolute Gasteiger partial charge is 0.379 e. The molecule has 3 aromatic rings. The van der Waals surface area contributed by atoms with E-state index in [-0.39, 0.29) is 23.8 Å². The third-order valence-corrected chi connectivity index (χ3v) is 6.20. The van der Waals surface area contributed by atoms with E-state index < -0.39 is 0 Å². The fraction of sp³-hybridized carbons (Fsp3) is 0.545. The molecule has 1 aromatic carbocycles. The van der Waals surface area contributed by atoms with Gasteiger partial charge < -0.3 is 14.2 Å². The predicted molar refractivity (Wildman–Crippen MR) is 111 cm³/mol. The molecule has 0 N–H and O–H groups in total. The number of hydrogen-bond acceptors (Lipinski definition) is 6. The lowest BCUT2D eigenvalue weighted by Crippen LogP contribution is -2.40. The lowest BCUT2D eigenvalue weighted by molar-refractivity contribution is -0.135. The molecule has 0 aliphatic carbocycles. The summed E-state index contributed by atoms with van der Waals surface area (Å²) in [5.41, 5.74) is 1.96. The van der Waals surface area contributed by atoms with Gasteiger partial charge in [0.1, 0.15) is 0 Å². The first-order chi connectivity index (χ1) is 14.6. The van der Waals surface area contributed by atoms with E-state index in [1.165, 1.54) is 0 Å². The second-order valence-corrected chi connectivity index (χ2v) is 8.59. The molecule has 1 amide bonds. The first-order valence-corrected chi connectivity index (χ1v) is 10.8. The normalized spacial score (nSPS) is 20.5. The van der Waals surface area contributed by atoms with Crippen molar-refractivity contribution in [2.24, 2.45) is 5.92 Å². The molecule has 30 heavy (non-hydrogen) atoms. The van der Waals surface area contributed by atoms with Crippen LogP contribution < -0.4 is 0 Å². The van der Waals surface area contributed by atoms with Gasteiger partial charge in [0, 0.05) is 42.5 Å². The Morgan fingerprint density at radius 1 is 1.20 bits per heavy atom. The Morgan fingerprint density at radius 2 is 2.03 bits per heavy atom. The van der Waals surface area contributed by atoms with Gasteiger partial charge in [-0.15, -0.1) is 0 Å². The number of rotatable bonds is 4. The smallest absolute Gasteiger partial charge is 0.258 e. The Bertz CT molecular complexity index is 1040. The maximum Gasteiger partial charge on any atom is 0.258 e. The SMILES string of the molecule is CC(C)C(=O)N1CCC(c2noc(-c3ccc4cnn(C5CCOC5)c4c3)n2)CC1. The topological polar surface area (TPSA) is 86.3 Å². The Hall–Kier alpha value is -2.74. The molecule has 1 atom stereocenters. The summed E-state index contributed by atoms with van der Waals surface area (Å²) in [7, 11) is 0. The van der Waals surface area contributed by atoms with Crippen LogP contribution >= 0.6 is 0 Å². The van der Waals surface area contributed by atoms with Crippen molar-refractivity contribution in [3.8, 4) is 11.5 Å². The third kappa shape index (κ3) is 3.49. The van der Waals surface area contributed by atoms with Crippen LogP contribution in [-0.2, 0) is 9.53 Å². The van der Waals surface area contributed by atoms with Crippen LogP contribution in [0.5, 0.6) is 0 Å². The molecule has 2 fully saturated rings. The zero-order chi connectivity index (χ0) is 20.7. The second kappa shape index (κ2) is 7.83. The van der Waals surface area contributed by atoms with Gasteiger partial charge in [-0.2, -0.15) is 10.1 Å². The predicted octanol–water partition coefficient (Wildman–Crippen LogP) is 3.41. The number of piperidine rings is 1. The molecule has 1 unspecified atom stereocenters. The number of hydrogen-bond donors (Lipinski definition) is 0. The Morgan fingerprint density at radius 3 is 2.77 bits per heavy atom. The third-order valence-electron chi connectivity index (χ3n) is 6.20. The van der Waals surface area contributed by atoms with Gasteiger partial charge >= 0.3 is 0 Å². The van der Waals surface area contributed by atoms with Crippen molar-refractivity contribution in [3.05, 3.63) is 30.2 Å². The number of benzene rings is 1. The van der Waals surface area contributed by atoms with E-state index >= 15 is 0 Å². The highest BCUT2D eigenvalue weighted by Gasteiger charge is 2.28. The van der Waals surface area contributed by atoms with Gasteiger partial charge in [-0.1, -0.05) is 25.1 Å². The van der Waals surface area contributed by atoms with Crippen molar-refractivity contribution < 1.29 is 14.1 Å². The highest BCUT2D eigenvalue weighted by Crippen LogP contribution is 2.31. The standard InChI is InChI=1S/C22H27N5O3/c1-14(2)22(28)26-8-5-15(6-9-26)20-24-21(30-25-20)16-3-4-17-12-23-27(19(17)11-16)18-7-10-29-13-18/h3-4,11-12,14-15,18H,5-10,13H2,1-2H3. The summed E-state index contributed by atoms with van der Waals surface area (Å²) >= 11 is 0. The molecule has 5 rings (SSSR count). The van der Waals surface area contributed by atoms with Crippen molar-refractivity contribution in [2.45, 2.75) is 45.1 Å². The zero-order valence-electron chi connectivity index (χ0n) is 17.5. The molecule has 0 saturated carbocycles. The van der Waals surface area contributed by atoms with E-state index in [0.717, 1.165) is 61.2 Å². The average molecular weight is 409 g/mol. The van der Waals surface area contributed by atoms with Crippen LogP contribution in [-0.4, -0.2) is 57.0 Å². The van der Waals surface area contributed by atoms with E-state index in [0.29, 0.717) is 12.5 Å². The second-order valence-electron chi connectivity index (χ2n) is 8.59. The monoisotopic (exact) mass is 409 g/mol. The summed E-state index contributed by atoms with van der Waals surface area (Å²) in [5.74, 6) is 1.75. The van der Waals surface area contributed by atoms with E-state index in [1.807, 2.05) is 41.8 Å². The van der Waals surface area contributed by atoms with Crippen LogP contribution in [0.4, 0.5) is 0 Å². The molecule has 0 spiro atoms. The van der Waals surface area contributed by atoms with E-state index in [9.17, 15) is 4.79 Å². The maximum atomic E-state index is 12.2. The van der Waals surface area contributed by atoms with Crippen LogP contribution in [0.2, 0.25) is 0 Å². The Kier molecular flexibility index (Phi) is 5.02. The van der Waals surface area contributed by atoms with Gasteiger partial charge in [0.15, 0.2) is 5.82 Å². The Labute approximate surface area is 175 Å². The maximum absolute atomic E-state index is 12.2. The van der Waals surface area contributed by atoms with Gasteiger partial charge in [0.05, 0.1) is 24.4 Å². The molecule has 8 heteroatoms. The van der Waals surface area contributed by atoms with E-state index in [2.05, 4.69) is 16.3 Å². The first kappa shape index (κ1) is 19.2. The average Bonchev–Trinajstić information content (AvgIpc) is 3.52. The minimum Gasteiger partial charge on any atom is -0.379 e. The van der Waals surface area contributed by atoms with Gasteiger partial charge in [0.25, 0.3) is 5.89 Å². The molecule has 2 aliphatic heterocycles. The van der Waals surface area contributed by atoms with Crippen LogP contribution in [0.25, 0.3) is 22.4 Å².